The number of nitrogens with one attached hydrogen (secondary N) is 2. The predicted octanol–water partition coefficient (Wildman–Crippen LogP) is 3.99. The van der Waals surface area contributed by atoms with Gasteiger partial charge in [0.1, 0.15) is 10.8 Å². The second-order valence-corrected chi connectivity index (χ2v) is 6.85. The van der Waals surface area contributed by atoms with Crippen molar-refractivity contribution in [3.05, 3.63) is 45.8 Å². The summed E-state index contributed by atoms with van der Waals surface area (Å²) in [6.07, 6.45) is 1.46. The number of esters is 1. The van der Waals surface area contributed by atoms with Crippen LogP contribution in [0.3, 0.4) is 0 Å². The Kier molecular flexibility index (Phi) is 7.90. The van der Waals surface area contributed by atoms with Gasteiger partial charge in [-0.15, -0.1) is 11.3 Å². The molecule has 0 unspecified atom stereocenters. The summed E-state index contributed by atoms with van der Waals surface area (Å²) in [5.74, 6) is -0.152. The van der Waals surface area contributed by atoms with E-state index in [1.165, 1.54) is 13.1 Å². The van der Waals surface area contributed by atoms with Gasteiger partial charge in [0.25, 0.3) is 0 Å². The highest BCUT2D eigenvalue weighted by Crippen LogP contribution is 2.34. The maximum atomic E-state index is 12.3. The van der Waals surface area contributed by atoms with Gasteiger partial charge >= 0.3 is 12.0 Å². The Labute approximate surface area is 172 Å². The number of para-hydroxylation sites is 1. The third-order valence-electron chi connectivity index (χ3n) is 3.76. The third kappa shape index (κ3) is 5.64. The summed E-state index contributed by atoms with van der Waals surface area (Å²) >= 11 is 1.02. The van der Waals surface area contributed by atoms with Crippen LogP contribution in [0.4, 0.5) is 9.80 Å². The zero-order valence-corrected chi connectivity index (χ0v) is 17.5. The topological polar surface area (TPSA) is 106 Å². The van der Waals surface area contributed by atoms with Gasteiger partial charge in [-0.3, -0.25) is 10.1 Å². The fourth-order valence-corrected chi connectivity index (χ4v) is 3.64. The van der Waals surface area contributed by atoms with E-state index in [1.54, 1.807) is 26.0 Å². The summed E-state index contributed by atoms with van der Waals surface area (Å²) in [5, 5.41) is 6.70. The Morgan fingerprint density at radius 3 is 2.55 bits per heavy atom. The van der Waals surface area contributed by atoms with E-state index in [2.05, 4.69) is 15.8 Å². The molecule has 1 aromatic carbocycles. The van der Waals surface area contributed by atoms with E-state index >= 15 is 0 Å². The van der Waals surface area contributed by atoms with Gasteiger partial charge < -0.3 is 9.47 Å². The lowest BCUT2D eigenvalue weighted by Gasteiger charge is -2.07. The number of anilines is 1. The molecule has 0 aliphatic heterocycles. The number of carbonyl (C=O) groups is 3. The zero-order chi connectivity index (χ0) is 21.4. The number of nitrogens with zero attached hydrogens (tertiary/aromatic N) is 1. The summed E-state index contributed by atoms with van der Waals surface area (Å²) in [7, 11) is 0. The Bertz CT molecular complexity index is 936. The van der Waals surface area contributed by atoms with Crippen molar-refractivity contribution in [1.29, 1.82) is 0 Å². The van der Waals surface area contributed by atoms with E-state index in [0.29, 0.717) is 28.4 Å². The molecule has 2 rings (SSSR count). The molecular formula is C20H23N3O5S. The average Bonchev–Trinajstić information content (AvgIpc) is 2.99. The van der Waals surface area contributed by atoms with Crippen LogP contribution in [0.15, 0.2) is 29.4 Å². The molecule has 154 valence electrons. The zero-order valence-electron chi connectivity index (χ0n) is 16.7. The number of hydrogen-bond acceptors (Lipinski definition) is 7. The molecule has 2 aromatic rings. The molecule has 2 amide bonds. The number of rotatable bonds is 8. The summed E-state index contributed by atoms with van der Waals surface area (Å²) < 4.78 is 10.5. The molecule has 1 aromatic heterocycles. The number of urea groups is 1. The van der Waals surface area contributed by atoms with Crippen molar-refractivity contribution in [3.8, 4) is 5.75 Å². The van der Waals surface area contributed by atoms with E-state index in [1.807, 2.05) is 19.1 Å². The van der Waals surface area contributed by atoms with Crippen LogP contribution in [-0.4, -0.2) is 37.2 Å². The van der Waals surface area contributed by atoms with E-state index < -0.39 is 12.0 Å². The molecule has 0 aliphatic rings. The van der Waals surface area contributed by atoms with E-state index in [-0.39, 0.29) is 23.0 Å². The van der Waals surface area contributed by atoms with Crippen molar-refractivity contribution in [3.63, 3.8) is 0 Å². The summed E-state index contributed by atoms with van der Waals surface area (Å²) in [4.78, 5) is 36.7. The molecule has 2 N–H and O–H groups in total. The molecule has 29 heavy (non-hydrogen) atoms. The maximum absolute atomic E-state index is 12.3. The van der Waals surface area contributed by atoms with Crippen LogP contribution in [0.2, 0.25) is 0 Å². The quantitative estimate of drug-likeness (QED) is 0.292. The van der Waals surface area contributed by atoms with Crippen molar-refractivity contribution in [2.75, 3.05) is 18.5 Å². The Morgan fingerprint density at radius 2 is 1.90 bits per heavy atom. The fraction of sp³-hybridized carbons (Fsp3) is 0.300. The monoisotopic (exact) mass is 417 g/mol. The SMILES string of the molecule is CCOC(=O)c1c(NC(=O)N/N=C\c2ccccc2OCC)sc(C(C)=O)c1C. The minimum atomic E-state index is -0.656. The summed E-state index contributed by atoms with van der Waals surface area (Å²) in [5.41, 5.74) is 3.69. The van der Waals surface area contributed by atoms with Gasteiger partial charge in [-0.05, 0) is 45.4 Å². The lowest BCUT2D eigenvalue weighted by molar-refractivity contribution is 0.0527. The highest BCUT2D eigenvalue weighted by molar-refractivity contribution is 7.18. The number of benzene rings is 1. The number of hydrazone groups is 1. The number of carbonyl (C=O) groups excluding carboxylic acids is 3. The lowest BCUT2D eigenvalue weighted by Crippen LogP contribution is -2.25. The number of ether oxygens (including phenoxy) is 2. The molecule has 0 spiro atoms. The van der Waals surface area contributed by atoms with E-state index in [9.17, 15) is 14.4 Å². The molecule has 0 atom stereocenters. The number of thiophene rings is 1. The smallest absolute Gasteiger partial charge is 0.341 e. The first-order chi connectivity index (χ1) is 13.9. The highest BCUT2D eigenvalue weighted by atomic mass is 32.1. The first kappa shape index (κ1) is 22.1. The molecular weight excluding hydrogens is 394 g/mol. The molecule has 0 saturated carbocycles. The first-order valence-corrected chi connectivity index (χ1v) is 9.83. The van der Waals surface area contributed by atoms with Gasteiger partial charge in [-0.1, -0.05) is 12.1 Å². The molecule has 1 heterocycles. The van der Waals surface area contributed by atoms with Gasteiger partial charge in [-0.2, -0.15) is 5.10 Å². The van der Waals surface area contributed by atoms with E-state index in [0.717, 1.165) is 11.3 Å². The molecule has 0 bridgehead atoms. The molecule has 9 heteroatoms. The van der Waals surface area contributed by atoms with Crippen molar-refractivity contribution >= 4 is 40.3 Å². The minimum absolute atomic E-state index is 0.169. The standard InChI is InChI=1S/C20H23N3O5S/c1-5-27-15-10-8-7-9-14(15)11-21-23-20(26)22-18-16(19(25)28-6-2)12(3)17(29-18)13(4)24/h7-11H,5-6H2,1-4H3,(H2,22,23,26)/b21-11-. The maximum Gasteiger partial charge on any atom is 0.341 e. The van der Waals surface area contributed by atoms with Crippen LogP contribution >= 0.6 is 11.3 Å². The summed E-state index contributed by atoms with van der Waals surface area (Å²) in [6.45, 7) is 7.28. The van der Waals surface area contributed by atoms with Crippen LogP contribution < -0.4 is 15.5 Å². The van der Waals surface area contributed by atoms with Gasteiger partial charge in [0.15, 0.2) is 5.78 Å². The van der Waals surface area contributed by atoms with Gasteiger partial charge in [0, 0.05) is 5.56 Å². The third-order valence-corrected chi connectivity index (χ3v) is 5.07. The van der Waals surface area contributed by atoms with Crippen LogP contribution in [-0.2, 0) is 4.74 Å². The van der Waals surface area contributed by atoms with Crippen molar-refractivity contribution < 1.29 is 23.9 Å². The number of hydrogen-bond donors (Lipinski definition) is 2. The van der Waals surface area contributed by atoms with Gasteiger partial charge in [-0.25, -0.2) is 15.0 Å². The minimum Gasteiger partial charge on any atom is -0.493 e. The van der Waals surface area contributed by atoms with Crippen LogP contribution in [0.1, 0.15) is 51.9 Å². The fourth-order valence-electron chi connectivity index (χ4n) is 2.55. The number of ketones is 1. The molecule has 0 radical (unpaired) electrons. The summed E-state index contributed by atoms with van der Waals surface area (Å²) in [6, 6.07) is 6.61. The number of Topliss-reactive ketones (excluding diaryl/α,β-unsaturated/α-hetero) is 1. The Balaban J connectivity index is 2.15. The second-order valence-electron chi connectivity index (χ2n) is 5.83. The van der Waals surface area contributed by atoms with E-state index in [4.69, 9.17) is 9.47 Å². The van der Waals surface area contributed by atoms with Crippen LogP contribution in [0.5, 0.6) is 5.75 Å². The molecule has 0 saturated heterocycles. The molecule has 0 aliphatic carbocycles. The highest BCUT2D eigenvalue weighted by Gasteiger charge is 2.25. The molecule has 8 nitrogen and oxygen atoms in total. The second kappa shape index (κ2) is 10.4. The average molecular weight is 417 g/mol. The molecule has 0 fully saturated rings. The lowest BCUT2D eigenvalue weighted by atomic mass is 10.1. The largest absolute Gasteiger partial charge is 0.493 e. The van der Waals surface area contributed by atoms with Crippen molar-refractivity contribution in [2.24, 2.45) is 5.10 Å². The Hall–Kier alpha value is -3.20. The van der Waals surface area contributed by atoms with Crippen LogP contribution in [0, 0.1) is 6.92 Å². The normalized spacial score (nSPS) is 10.6. The van der Waals surface area contributed by atoms with Gasteiger partial charge in [0.05, 0.1) is 29.9 Å². The number of amides is 2. The van der Waals surface area contributed by atoms with Gasteiger partial charge in [0.2, 0.25) is 0 Å². The van der Waals surface area contributed by atoms with Crippen molar-refractivity contribution in [2.45, 2.75) is 27.7 Å². The Morgan fingerprint density at radius 1 is 1.17 bits per heavy atom. The first-order valence-electron chi connectivity index (χ1n) is 9.02. The van der Waals surface area contributed by atoms with Crippen LogP contribution in [0.25, 0.3) is 0 Å². The predicted molar refractivity (Wildman–Crippen MR) is 112 cm³/mol. The van der Waals surface area contributed by atoms with Crippen molar-refractivity contribution in [1.82, 2.24) is 5.43 Å².